The number of benzene rings is 2. The SMILES string of the molecule is CCOC(C)=O.COc1ccccc1C=C1CCn2c1nc1cc(NC(=O)C(=O)O)ccc1c2=O. The van der Waals surface area contributed by atoms with Gasteiger partial charge in [-0.15, -0.1) is 0 Å². The summed E-state index contributed by atoms with van der Waals surface area (Å²) in [6.45, 7) is 4.18. The monoisotopic (exact) mass is 479 g/mol. The third-order valence-corrected chi connectivity index (χ3v) is 5.12. The number of hydrogen-bond donors (Lipinski definition) is 2. The van der Waals surface area contributed by atoms with Gasteiger partial charge in [-0.05, 0) is 49.3 Å². The van der Waals surface area contributed by atoms with E-state index in [2.05, 4.69) is 15.0 Å². The Balaban J connectivity index is 0.000000509. The second-order valence-corrected chi connectivity index (χ2v) is 7.47. The van der Waals surface area contributed by atoms with Crippen molar-refractivity contribution >= 4 is 46.1 Å². The number of allylic oxidation sites excluding steroid dienone is 1. The van der Waals surface area contributed by atoms with Gasteiger partial charge in [-0.25, -0.2) is 9.78 Å². The Morgan fingerprint density at radius 1 is 1.20 bits per heavy atom. The molecule has 0 radical (unpaired) electrons. The number of carbonyl (C=O) groups excluding carboxylic acids is 2. The largest absolute Gasteiger partial charge is 0.496 e. The maximum absolute atomic E-state index is 12.9. The maximum Gasteiger partial charge on any atom is 0.394 e. The first-order valence-corrected chi connectivity index (χ1v) is 10.8. The number of aliphatic carboxylic acids is 1. The van der Waals surface area contributed by atoms with Crippen LogP contribution in [-0.4, -0.2) is 46.2 Å². The van der Waals surface area contributed by atoms with E-state index >= 15 is 0 Å². The van der Waals surface area contributed by atoms with Crippen molar-refractivity contribution in [2.45, 2.75) is 26.8 Å². The third-order valence-electron chi connectivity index (χ3n) is 5.12. The van der Waals surface area contributed by atoms with Gasteiger partial charge in [0.05, 0.1) is 24.6 Å². The van der Waals surface area contributed by atoms with E-state index in [4.69, 9.17) is 9.84 Å². The minimum Gasteiger partial charge on any atom is -0.496 e. The van der Waals surface area contributed by atoms with Gasteiger partial charge in [0.1, 0.15) is 11.6 Å². The number of anilines is 1. The first kappa shape index (κ1) is 25.2. The summed E-state index contributed by atoms with van der Waals surface area (Å²) in [5, 5.41) is 11.4. The summed E-state index contributed by atoms with van der Waals surface area (Å²) in [5.41, 5.74) is 2.25. The molecule has 0 saturated heterocycles. The minimum absolute atomic E-state index is 0.176. The van der Waals surface area contributed by atoms with Gasteiger partial charge in [-0.1, -0.05) is 18.2 Å². The predicted octanol–water partition coefficient (Wildman–Crippen LogP) is 2.94. The molecule has 0 atom stereocenters. The number of rotatable bonds is 4. The summed E-state index contributed by atoms with van der Waals surface area (Å²) in [4.78, 5) is 49.5. The Kier molecular flexibility index (Phi) is 7.98. The molecular weight excluding hydrogens is 454 g/mol. The quantitative estimate of drug-likeness (QED) is 0.430. The number of nitrogens with zero attached hydrogens (tertiary/aromatic N) is 2. The topological polar surface area (TPSA) is 137 Å². The van der Waals surface area contributed by atoms with E-state index in [1.165, 1.54) is 25.1 Å². The summed E-state index contributed by atoms with van der Waals surface area (Å²) in [5.74, 6) is -1.68. The number of methoxy groups -OCH3 is 1. The van der Waals surface area contributed by atoms with Gasteiger partial charge in [0.25, 0.3) is 5.56 Å². The van der Waals surface area contributed by atoms with Crippen molar-refractivity contribution in [2.24, 2.45) is 0 Å². The highest BCUT2D eigenvalue weighted by molar-refractivity contribution is 6.36. The Bertz CT molecular complexity index is 1380. The molecule has 10 heteroatoms. The fourth-order valence-corrected chi connectivity index (χ4v) is 3.59. The van der Waals surface area contributed by atoms with Crippen LogP contribution < -0.4 is 15.6 Å². The number of carbonyl (C=O) groups is 3. The predicted molar refractivity (Wildman–Crippen MR) is 130 cm³/mol. The standard InChI is InChI=1S/C21H17N3O5.C4H8O2/c1-29-17-5-3-2-4-12(17)10-13-8-9-24-18(13)23-16-11-14(22-19(25)21(27)28)6-7-15(16)20(24)26;1-3-6-4(2)5/h2-7,10-11H,8-9H2,1H3,(H,22,25)(H,27,28);3H2,1-2H3. The molecule has 182 valence electrons. The van der Waals surface area contributed by atoms with Crippen LogP contribution in [0.15, 0.2) is 47.3 Å². The lowest BCUT2D eigenvalue weighted by Gasteiger charge is -2.08. The molecule has 4 rings (SSSR count). The summed E-state index contributed by atoms with van der Waals surface area (Å²) < 4.78 is 11.4. The molecule has 2 heterocycles. The van der Waals surface area contributed by atoms with Crippen LogP contribution in [0.4, 0.5) is 5.69 Å². The van der Waals surface area contributed by atoms with Crippen LogP contribution in [0.2, 0.25) is 0 Å². The number of nitrogens with one attached hydrogen (secondary N) is 1. The van der Waals surface area contributed by atoms with Crippen molar-refractivity contribution in [1.29, 1.82) is 0 Å². The molecule has 0 aliphatic carbocycles. The van der Waals surface area contributed by atoms with Crippen molar-refractivity contribution in [2.75, 3.05) is 19.0 Å². The number of esters is 1. The summed E-state index contributed by atoms with van der Waals surface area (Å²) in [6, 6.07) is 12.1. The van der Waals surface area contributed by atoms with Gasteiger partial charge in [0.15, 0.2) is 0 Å². The molecule has 35 heavy (non-hydrogen) atoms. The molecular formula is C25H25N3O7. The van der Waals surface area contributed by atoms with E-state index in [-0.39, 0.29) is 17.2 Å². The molecule has 2 aromatic carbocycles. The Morgan fingerprint density at radius 3 is 2.57 bits per heavy atom. The zero-order valence-electron chi connectivity index (χ0n) is 19.5. The highest BCUT2D eigenvalue weighted by Crippen LogP contribution is 2.30. The van der Waals surface area contributed by atoms with Crippen molar-refractivity contribution in [3.05, 3.63) is 64.2 Å². The van der Waals surface area contributed by atoms with E-state index in [0.717, 1.165) is 16.9 Å². The normalized spacial score (nSPS) is 12.9. The molecule has 1 aliphatic rings. The fraction of sp³-hybridized carbons (Fsp3) is 0.240. The van der Waals surface area contributed by atoms with Crippen molar-refractivity contribution in [1.82, 2.24) is 9.55 Å². The minimum atomic E-state index is -1.59. The molecule has 3 aromatic rings. The molecule has 0 saturated carbocycles. The van der Waals surface area contributed by atoms with Gasteiger partial charge in [-0.2, -0.15) is 0 Å². The third kappa shape index (κ3) is 5.91. The lowest BCUT2D eigenvalue weighted by molar-refractivity contribution is -0.147. The number of carboxylic acid groups (broad SMARTS) is 1. The number of amides is 1. The number of fused-ring (bicyclic) bond motifs is 2. The molecule has 0 bridgehead atoms. The molecule has 1 amide bonds. The second-order valence-electron chi connectivity index (χ2n) is 7.47. The zero-order valence-corrected chi connectivity index (χ0v) is 19.5. The van der Waals surface area contributed by atoms with Crippen LogP contribution >= 0.6 is 0 Å². The van der Waals surface area contributed by atoms with E-state index < -0.39 is 11.9 Å². The van der Waals surface area contributed by atoms with E-state index in [0.29, 0.717) is 36.3 Å². The Labute approximate surface area is 200 Å². The molecule has 1 aliphatic heterocycles. The average Bonchev–Trinajstić information content (AvgIpc) is 3.22. The van der Waals surface area contributed by atoms with Crippen LogP contribution in [0.1, 0.15) is 31.7 Å². The Hall–Kier alpha value is -4.47. The van der Waals surface area contributed by atoms with Crippen molar-refractivity contribution in [3.8, 4) is 5.75 Å². The number of ether oxygens (including phenoxy) is 2. The first-order valence-electron chi connectivity index (χ1n) is 10.8. The molecule has 0 unspecified atom stereocenters. The summed E-state index contributed by atoms with van der Waals surface area (Å²) in [6.07, 6.45) is 2.60. The first-order chi connectivity index (χ1) is 16.7. The Morgan fingerprint density at radius 2 is 1.94 bits per heavy atom. The zero-order chi connectivity index (χ0) is 25.5. The lowest BCUT2D eigenvalue weighted by Crippen LogP contribution is -2.23. The smallest absolute Gasteiger partial charge is 0.394 e. The van der Waals surface area contributed by atoms with Gasteiger partial charge in [-0.3, -0.25) is 19.0 Å². The van der Waals surface area contributed by atoms with Crippen LogP contribution in [0.25, 0.3) is 22.6 Å². The van der Waals surface area contributed by atoms with Crippen LogP contribution in [0.5, 0.6) is 5.75 Å². The molecule has 1 aromatic heterocycles. The van der Waals surface area contributed by atoms with E-state index in [1.54, 1.807) is 18.6 Å². The van der Waals surface area contributed by atoms with E-state index in [1.807, 2.05) is 30.3 Å². The second kappa shape index (κ2) is 11.1. The van der Waals surface area contributed by atoms with Crippen LogP contribution in [0.3, 0.4) is 0 Å². The number of hydrogen-bond acceptors (Lipinski definition) is 7. The average molecular weight is 479 g/mol. The lowest BCUT2D eigenvalue weighted by atomic mass is 10.1. The molecule has 0 spiro atoms. The summed E-state index contributed by atoms with van der Waals surface area (Å²) >= 11 is 0. The maximum atomic E-state index is 12.9. The van der Waals surface area contributed by atoms with E-state index in [9.17, 15) is 19.2 Å². The molecule has 10 nitrogen and oxygen atoms in total. The molecule has 0 fully saturated rings. The van der Waals surface area contributed by atoms with Gasteiger partial charge < -0.3 is 19.9 Å². The molecule has 2 N–H and O–H groups in total. The van der Waals surface area contributed by atoms with Crippen LogP contribution in [0, 0.1) is 0 Å². The fourth-order valence-electron chi connectivity index (χ4n) is 3.59. The summed E-state index contributed by atoms with van der Waals surface area (Å²) in [7, 11) is 1.60. The number of carboxylic acids is 1. The van der Waals surface area contributed by atoms with Gasteiger partial charge >= 0.3 is 17.8 Å². The van der Waals surface area contributed by atoms with Crippen molar-refractivity contribution in [3.63, 3.8) is 0 Å². The van der Waals surface area contributed by atoms with Gasteiger partial charge in [0, 0.05) is 24.7 Å². The van der Waals surface area contributed by atoms with Crippen molar-refractivity contribution < 1.29 is 29.0 Å². The van der Waals surface area contributed by atoms with Crippen LogP contribution in [-0.2, 0) is 25.7 Å². The number of aromatic nitrogens is 2. The number of para-hydroxylation sites is 1. The highest BCUT2D eigenvalue weighted by atomic mass is 16.5. The highest BCUT2D eigenvalue weighted by Gasteiger charge is 2.22. The van der Waals surface area contributed by atoms with Gasteiger partial charge in [0.2, 0.25) is 0 Å².